The van der Waals surface area contributed by atoms with Gasteiger partial charge in [0.2, 0.25) is 0 Å². The van der Waals surface area contributed by atoms with Gasteiger partial charge in [-0.3, -0.25) is 0 Å². The van der Waals surface area contributed by atoms with E-state index >= 15 is 0 Å². The van der Waals surface area contributed by atoms with Crippen LogP contribution < -0.4 is 15.2 Å². The molecule has 2 N–H and O–H groups in total. The van der Waals surface area contributed by atoms with E-state index in [-0.39, 0.29) is 5.92 Å². The van der Waals surface area contributed by atoms with Gasteiger partial charge in [0.05, 0.1) is 19.7 Å². The summed E-state index contributed by atoms with van der Waals surface area (Å²) in [6.45, 7) is 2.73. The Morgan fingerprint density at radius 1 is 1.22 bits per heavy atom. The number of hydrogen-bond donors (Lipinski definition) is 1. The first-order valence-corrected chi connectivity index (χ1v) is 6.04. The van der Waals surface area contributed by atoms with Crippen molar-refractivity contribution in [2.45, 2.75) is 12.8 Å². The molecule has 1 unspecified atom stereocenters. The average Bonchev–Trinajstić information content (AvgIpc) is 2.75. The van der Waals surface area contributed by atoms with Gasteiger partial charge in [0.15, 0.2) is 0 Å². The number of aryl methyl sites for hydroxylation is 1. The molecule has 0 spiro atoms. The molecule has 0 radical (unpaired) electrons. The number of hydrogen-bond acceptors (Lipinski definition) is 3. The van der Waals surface area contributed by atoms with Crippen LogP contribution >= 0.6 is 0 Å². The summed E-state index contributed by atoms with van der Waals surface area (Å²) in [6, 6.07) is 3.87. The molecule has 0 amide bonds. The van der Waals surface area contributed by atoms with Crippen LogP contribution in [0.1, 0.15) is 18.4 Å². The molecular weight excluding hydrogens is 228 g/mol. The Morgan fingerprint density at radius 3 is 2.39 bits per heavy atom. The van der Waals surface area contributed by atoms with Crippen molar-refractivity contribution >= 4 is 10.9 Å². The van der Waals surface area contributed by atoms with Crippen LogP contribution in [0.4, 0.5) is 0 Å². The number of ether oxygens (including phenoxy) is 2. The van der Waals surface area contributed by atoms with Crippen molar-refractivity contribution < 1.29 is 9.47 Å². The zero-order valence-corrected chi connectivity index (χ0v) is 11.4. The second-order valence-electron chi connectivity index (χ2n) is 4.53. The molecule has 0 aliphatic heterocycles. The van der Waals surface area contributed by atoms with E-state index in [0.29, 0.717) is 6.54 Å². The number of aromatic nitrogens is 1. The maximum absolute atomic E-state index is 5.79. The molecule has 1 heterocycles. The monoisotopic (exact) mass is 248 g/mol. The lowest BCUT2D eigenvalue weighted by molar-refractivity contribution is 0.409. The summed E-state index contributed by atoms with van der Waals surface area (Å²) in [7, 11) is 5.38. The van der Waals surface area contributed by atoms with Gasteiger partial charge in [-0.25, -0.2) is 0 Å². The van der Waals surface area contributed by atoms with Crippen molar-refractivity contribution in [1.82, 2.24) is 4.57 Å². The lowest BCUT2D eigenvalue weighted by Gasteiger charge is -2.11. The zero-order chi connectivity index (χ0) is 13.3. The molecule has 18 heavy (non-hydrogen) atoms. The van der Waals surface area contributed by atoms with E-state index in [9.17, 15) is 0 Å². The molecule has 98 valence electrons. The Balaban J connectivity index is 2.81. The summed E-state index contributed by atoms with van der Waals surface area (Å²) in [5, 5.41) is 1.09. The van der Waals surface area contributed by atoms with E-state index in [0.717, 1.165) is 22.4 Å². The topological polar surface area (TPSA) is 49.4 Å². The van der Waals surface area contributed by atoms with E-state index in [1.165, 1.54) is 5.56 Å². The van der Waals surface area contributed by atoms with E-state index < -0.39 is 0 Å². The fourth-order valence-corrected chi connectivity index (χ4v) is 2.36. The molecule has 4 heteroatoms. The van der Waals surface area contributed by atoms with E-state index in [2.05, 4.69) is 17.7 Å². The summed E-state index contributed by atoms with van der Waals surface area (Å²) in [5.74, 6) is 2.00. The van der Waals surface area contributed by atoms with Crippen LogP contribution in [-0.2, 0) is 7.05 Å². The third-order valence-corrected chi connectivity index (χ3v) is 3.40. The second-order valence-corrected chi connectivity index (χ2v) is 4.53. The third kappa shape index (κ3) is 1.82. The largest absolute Gasteiger partial charge is 0.496 e. The van der Waals surface area contributed by atoms with Gasteiger partial charge in [0.1, 0.15) is 11.5 Å². The predicted molar refractivity (Wildman–Crippen MR) is 73.5 cm³/mol. The van der Waals surface area contributed by atoms with Gasteiger partial charge in [-0.15, -0.1) is 0 Å². The van der Waals surface area contributed by atoms with Crippen molar-refractivity contribution in [3.05, 3.63) is 23.9 Å². The molecule has 0 saturated carbocycles. The van der Waals surface area contributed by atoms with Crippen molar-refractivity contribution in [2.24, 2.45) is 12.8 Å². The summed E-state index contributed by atoms with van der Waals surface area (Å²) in [6.07, 6.45) is 2.10. The number of nitrogens with zero attached hydrogens (tertiary/aromatic N) is 1. The minimum atomic E-state index is 0.287. The number of nitrogens with two attached hydrogens (primary N) is 1. The van der Waals surface area contributed by atoms with Crippen LogP contribution in [0.15, 0.2) is 18.3 Å². The fourth-order valence-electron chi connectivity index (χ4n) is 2.36. The maximum Gasteiger partial charge on any atom is 0.143 e. The summed E-state index contributed by atoms with van der Waals surface area (Å²) in [4.78, 5) is 0. The predicted octanol–water partition coefficient (Wildman–Crippen LogP) is 2.26. The summed E-state index contributed by atoms with van der Waals surface area (Å²) in [5.41, 5.74) is 8.03. The van der Waals surface area contributed by atoms with Crippen LogP contribution in [0, 0.1) is 0 Å². The first-order chi connectivity index (χ1) is 8.63. The SMILES string of the molecule is COc1ccc(OC)c2c1c(C(C)CN)cn2C. The normalized spacial score (nSPS) is 12.7. The molecule has 0 bridgehead atoms. The molecule has 1 atom stereocenters. The van der Waals surface area contributed by atoms with Crippen molar-refractivity contribution in [3.63, 3.8) is 0 Å². The number of benzene rings is 1. The Hall–Kier alpha value is -1.68. The molecule has 0 aliphatic carbocycles. The molecule has 2 aromatic rings. The molecule has 0 saturated heterocycles. The van der Waals surface area contributed by atoms with Crippen molar-refractivity contribution in [2.75, 3.05) is 20.8 Å². The van der Waals surface area contributed by atoms with Gasteiger partial charge in [-0.1, -0.05) is 6.92 Å². The van der Waals surface area contributed by atoms with E-state index in [4.69, 9.17) is 15.2 Å². The number of fused-ring (bicyclic) bond motifs is 1. The zero-order valence-electron chi connectivity index (χ0n) is 11.4. The highest BCUT2D eigenvalue weighted by molar-refractivity contribution is 5.94. The average molecular weight is 248 g/mol. The molecule has 1 aromatic carbocycles. The number of rotatable bonds is 4. The van der Waals surface area contributed by atoms with Crippen LogP contribution in [0.5, 0.6) is 11.5 Å². The minimum Gasteiger partial charge on any atom is -0.496 e. The number of methoxy groups -OCH3 is 2. The Bertz CT molecular complexity index is 560. The van der Waals surface area contributed by atoms with Gasteiger partial charge in [0.25, 0.3) is 0 Å². The quantitative estimate of drug-likeness (QED) is 0.903. The van der Waals surface area contributed by atoms with Crippen LogP contribution in [0.3, 0.4) is 0 Å². The lowest BCUT2D eigenvalue weighted by Crippen LogP contribution is -2.08. The third-order valence-electron chi connectivity index (χ3n) is 3.40. The second kappa shape index (κ2) is 4.90. The first-order valence-electron chi connectivity index (χ1n) is 6.04. The van der Waals surface area contributed by atoms with Gasteiger partial charge >= 0.3 is 0 Å². The van der Waals surface area contributed by atoms with Crippen molar-refractivity contribution in [1.29, 1.82) is 0 Å². The molecule has 2 rings (SSSR count). The van der Waals surface area contributed by atoms with E-state index in [1.54, 1.807) is 14.2 Å². The highest BCUT2D eigenvalue weighted by atomic mass is 16.5. The summed E-state index contributed by atoms with van der Waals surface area (Å²) >= 11 is 0. The van der Waals surface area contributed by atoms with Crippen LogP contribution in [-0.4, -0.2) is 25.3 Å². The Kier molecular flexibility index (Phi) is 3.48. The van der Waals surface area contributed by atoms with Gasteiger partial charge < -0.3 is 19.8 Å². The Labute approximate surface area is 107 Å². The standard InChI is InChI=1S/C14H20N2O2/c1-9(7-15)10-8-16(2)14-12(18-4)6-5-11(17-3)13(10)14/h5-6,8-9H,7,15H2,1-4H3. The van der Waals surface area contributed by atoms with E-state index in [1.807, 2.05) is 19.2 Å². The molecule has 0 aliphatic rings. The first kappa shape index (κ1) is 12.8. The molecule has 1 aromatic heterocycles. The Morgan fingerprint density at radius 2 is 1.83 bits per heavy atom. The smallest absolute Gasteiger partial charge is 0.143 e. The molecule has 4 nitrogen and oxygen atoms in total. The van der Waals surface area contributed by atoms with Gasteiger partial charge in [0, 0.05) is 18.6 Å². The van der Waals surface area contributed by atoms with Gasteiger partial charge in [-0.2, -0.15) is 0 Å². The molecular formula is C14H20N2O2. The van der Waals surface area contributed by atoms with Crippen molar-refractivity contribution in [3.8, 4) is 11.5 Å². The highest BCUT2D eigenvalue weighted by Gasteiger charge is 2.18. The maximum atomic E-state index is 5.79. The van der Waals surface area contributed by atoms with Gasteiger partial charge in [-0.05, 0) is 30.2 Å². The minimum absolute atomic E-state index is 0.287. The summed E-state index contributed by atoms with van der Waals surface area (Å²) < 4.78 is 13.0. The highest BCUT2D eigenvalue weighted by Crippen LogP contribution is 2.38. The molecule has 0 fully saturated rings. The van der Waals surface area contributed by atoms with Crippen LogP contribution in [0.25, 0.3) is 10.9 Å². The lowest BCUT2D eigenvalue weighted by atomic mass is 10.00. The fraction of sp³-hybridized carbons (Fsp3) is 0.429. The van der Waals surface area contributed by atoms with Crippen LogP contribution in [0.2, 0.25) is 0 Å².